The molecule has 264 valence electrons. The highest BCUT2D eigenvalue weighted by Gasteiger charge is 2.34. The van der Waals surface area contributed by atoms with Crippen LogP contribution in [0.5, 0.6) is 0 Å². The minimum absolute atomic E-state index is 0.150. The second-order valence-corrected chi connectivity index (χ2v) is 15.3. The topological polar surface area (TPSA) is 43.6 Å². The molecule has 56 heavy (non-hydrogen) atoms. The smallest absolute Gasteiger partial charge is 0.235 e. The van der Waals surface area contributed by atoms with E-state index in [1.165, 1.54) is 33.0 Å². The molecule has 0 N–H and O–H groups in total. The molecule has 11 rings (SSSR count). The molecule has 0 amide bonds. The highest BCUT2D eigenvalue weighted by Crippen LogP contribution is 2.48. The molecule has 0 fully saturated rings. The number of hydrogen-bond donors (Lipinski definition) is 0. The van der Waals surface area contributed by atoms with Crippen molar-refractivity contribution in [2.24, 2.45) is 0 Å². The first-order chi connectivity index (χ1) is 27.5. The van der Waals surface area contributed by atoms with Crippen LogP contribution >= 0.6 is 0 Å². The Labute approximate surface area is 325 Å². The second kappa shape index (κ2) is 12.4. The Hall–Kier alpha value is -7.17. The van der Waals surface area contributed by atoms with Crippen molar-refractivity contribution in [3.63, 3.8) is 0 Å². The maximum absolute atomic E-state index is 5.40. The van der Waals surface area contributed by atoms with E-state index in [1.54, 1.807) is 0 Å². The summed E-state index contributed by atoms with van der Waals surface area (Å²) in [6, 6.07) is 64.7. The van der Waals surface area contributed by atoms with Gasteiger partial charge in [0.1, 0.15) is 0 Å². The Bertz CT molecular complexity index is 3080. The van der Waals surface area contributed by atoms with Crippen molar-refractivity contribution in [3.05, 3.63) is 193 Å². The minimum Gasteiger partial charge on any atom is -0.278 e. The van der Waals surface area contributed by atoms with E-state index in [0.29, 0.717) is 5.95 Å². The molecule has 7 aromatic carbocycles. The third kappa shape index (κ3) is 5.03. The van der Waals surface area contributed by atoms with Gasteiger partial charge >= 0.3 is 0 Å². The molecule has 10 aromatic rings. The lowest BCUT2D eigenvalue weighted by atomic mass is 9.70. The van der Waals surface area contributed by atoms with Gasteiger partial charge in [-0.15, -0.1) is 0 Å². The van der Waals surface area contributed by atoms with Crippen molar-refractivity contribution in [1.29, 1.82) is 0 Å². The highest BCUT2D eigenvalue weighted by atomic mass is 15.2. The van der Waals surface area contributed by atoms with Crippen molar-refractivity contribution in [2.45, 2.75) is 19.3 Å². The average molecular weight is 717 g/mol. The van der Waals surface area contributed by atoms with E-state index in [1.807, 2.05) is 6.07 Å². The summed E-state index contributed by atoms with van der Waals surface area (Å²) in [5.41, 5.74) is 16.4. The summed E-state index contributed by atoms with van der Waals surface area (Å²) >= 11 is 0. The molecule has 4 heteroatoms. The van der Waals surface area contributed by atoms with Gasteiger partial charge < -0.3 is 0 Å². The quantitative estimate of drug-likeness (QED) is 0.178. The fourth-order valence-corrected chi connectivity index (χ4v) is 8.80. The molecular weight excluding hydrogens is 681 g/mol. The van der Waals surface area contributed by atoms with E-state index >= 15 is 0 Å². The Morgan fingerprint density at radius 3 is 1.79 bits per heavy atom. The number of benzene rings is 7. The maximum Gasteiger partial charge on any atom is 0.235 e. The first-order valence-electron chi connectivity index (χ1n) is 19.2. The van der Waals surface area contributed by atoms with Gasteiger partial charge in [-0.25, -0.2) is 15.0 Å². The third-order valence-electron chi connectivity index (χ3n) is 11.6. The normalized spacial score (nSPS) is 13.0. The summed E-state index contributed by atoms with van der Waals surface area (Å²) in [6.45, 7) is 4.61. The molecule has 0 saturated heterocycles. The van der Waals surface area contributed by atoms with Crippen LogP contribution in [0.2, 0.25) is 0 Å². The number of fused-ring (bicyclic) bond motifs is 5. The lowest BCUT2D eigenvalue weighted by molar-refractivity contribution is 0.643. The molecule has 0 unspecified atom stereocenters. The lowest BCUT2D eigenvalue weighted by Crippen LogP contribution is -2.24. The number of hydrogen-bond acceptors (Lipinski definition) is 3. The Morgan fingerprint density at radius 1 is 0.411 bits per heavy atom. The van der Waals surface area contributed by atoms with Crippen LogP contribution < -0.4 is 0 Å². The van der Waals surface area contributed by atoms with Crippen molar-refractivity contribution < 1.29 is 0 Å². The molecule has 0 aliphatic heterocycles. The van der Waals surface area contributed by atoms with Crippen molar-refractivity contribution in [3.8, 4) is 62.0 Å². The van der Waals surface area contributed by atoms with Crippen LogP contribution in [0.15, 0.2) is 182 Å². The zero-order chi connectivity index (χ0) is 37.4. The summed E-state index contributed by atoms with van der Waals surface area (Å²) in [6.07, 6.45) is 0. The van der Waals surface area contributed by atoms with Crippen LogP contribution in [0.3, 0.4) is 0 Å². The predicted octanol–water partition coefficient (Wildman–Crippen LogP) is 13.1. The maximum atomic E-state index is 5.40. The van der Waals surface area contributed by atoms with Crippen LogP contribution in [-0.2, 0) is 5.41 Å². The molecule has 3 heterocycles. The van der Waals surface area contributed by atoms with Gasteiger partial charge in [0.2, 0.25) is 5.95 Å². The highest BCUT2D eigenvalue weighted by molar-refractivity contribution is 6.10. The fraction of sp³-hybridized carbons (Fsp3) is 0.0577. The van der Waals surface area contributed by atoms with Gasteiger partial charge in [0.15, 0.2) is 0 Å². The molecule has 4 nitrogen and oxygen atoms in total. The largest absolute Gasteiger partial charge is 0.278 e. The molecular formula is C52H36N4. The molecule has 0 spiro atoms. The monoisotopic (exact) mass is 716 g/mol. The zero-order valence-corrected chi connectivity index (χ0v) is 31.1. The van der Waals surface area contributed by atoms with E-state index in [4.69, 9.17) is 15.0 Å². The molecule has 0 saturated carbocycles. The first-order valence-corrected chi connectivity index (χ1v) is 19.2. The SMILES string of the molecule is CC1(C)c2ccccc2-c2nc(-n3c4ccccc4c4cc(-c5ccc(-c6cc(-c7ccccc7)cc(-c7ccccc7)n6)cc5)ccc43)nc3cccc1c23. The summed E-state index contributed by atoms with van der Waals surface area (Å²) in [5.74, 6) is 0.683. The molecule has 1 aliphatic rings. The van der Waals surface area contributed by atoms with Gasteiger partial charge in [-0.2, -0.15) is 0 Å². The number of rotatable bonds is 5. The van der Waals surface area contributed by atoms with Gasteiger partial charge in [-0.05, 0) is 69.8 Å². The van der Waals surface area contributed by atoms with Crippen LogP contribution in [0, 0.1) is 0 Å². The Balaban J connectivity index is 1.02. The number of pyridine rings is 1. The lowest BCUT2D eigenvalue weighted by Gasteiger charge is -2.34. The van der Waals surface area contributed by atoms with Crippen LogP contribution in [0.4, 0.5) is 0 Å². The summed E-state index contributed by atoms with van der Waals surface area (Å²) < 4.78 is 2.23. The third-order valence-corrected chi connectivity index (χ3v) is 11.6. The molecule has 0 radical (unpaired) electrons. The van der Waals surface area contributed by atoms with Gasteiger partial charge in [0.05, 0.1) is 33.6 Å². The number of aromatic nitrogens is 4. The van der Waals surface area contributed by atoms with Crippen LogP contribution in [-0.4, -0.2) is 19.5 Å². The van der Waals surface area contributed by atoms with E-state index in [-0.39, 0.29) is 5.41 Å². The summed E-state index contributed by atoms with van der Waals surface area (Å²) in [7, 11) is 0. The van der Waals surface area contributed by atoms with Crippen molar-refractivity contribution in [1.82, 2.24) is 19.5 Å². The van der Waals surface area contributed by atoms with Gasteiger partial charge in [-0.1, -0.05) is 159 Å². The van der Waals surface area contributed by atoms with Crippen LogP contribution in [0.25, 0.3) is 94.7 Å². The molecule has 1 aliphatic carbocycles. The number of nitrogens with zero attached hydrogens (tertiary/aromatic N) is 4. The van der Waals surface area contributed by atoms with E-state index in [0.717, 1.165) is 66.8 Å². The summed E-state index contributed by atoms with van der Waals surface area (Å²) in [4.78, 5) is 15.8. The van der Waals surface area contributed by atoms with E-state index < -0.39 is 0 Å². The van der Waals surface area contributed by atoms with Crippen molar-refractivity contribution >= 4 is 32.7 Å². The summed E-state index contributed by atoms with van der Waals surface area (Å²) in [5, 5.41) is 3.48. The van der Waals surface area contributed by atoms with E-state index in [9.17, 15) is 0 Å². The van der Waals surface area contributed by atoms with Gasteiger partial charge in [0, 0.05) is 38.3 Å². The Morgan fingerprint density at radius 2 is 1.00 bits per heavy atom. The average Bonchev–Trinajstić information content (AvgIpc) is 3.59. The zero-order valence-electron chi connectivity index (χ0n) is 31.1. The predicted molar refractivity (Wildman–Crippen MR) is 231 cm³/mol. The minimum atomic E-state index is -0.150. The standard InChI is InChI=1S/C52H36N4/c1-52(2)42-20-11-9-19-40(42)50-49-43(52)21-13-22-44(49)54-51(55-50)56-47-23-12-10-18-39(47)41-30-37(28-29-48(41)56)34-24-26-36(27-25-34)46-32-38(33-14-5-3-6-15-33)31-45(53-46)35-16-7-4-8-17-35/h3-32H,1-2H3. The van der Waals surface area contributed by atoms with Gasteiger partial charge in [0.25, 0.3) is 0 Å². The first kappa shape index (κ1) is 32.3. The Kier molecular flexibility index (Phi) is 7.17. The van der Waals surface area contributed by atoms with E-state index in [2.05, 4.69) is 194 Å². The van der Waals surface area contributed by atoms with Crippen LogP contribution in [0.1, 0.15) is 25.0 Å². The number of para-hydroxylation sites is 1. The van der Waals surface area contributed by atoms with Gasteiger partial charge in [-0.3, -0.25) is 4.57 Å². The second-order valence-electron chi connectivity index (χ2n) is 15.3. The molecule has 0 bridgehead atoms. The van der Waals surface area contributed by atoms with Crippen molar-refractivity contribution in [2.75, 3.05) is 0 Å². The molecule has 0 atom stereocenters. The molecule has 3 aromatic heterocycles. The fourth-order valence-electron chi connectivity index (χ4n) is 8.80.